The Kier molecular flexibility index (Phi) is 2.12. The predicted octanol–water partition coefficient (Wildman–Crippen LogP) is 4.22. The van der Waals surface area contributed by atoms with Gasteiger partial charge in [-0.3, -0.25) is 0 Å². The Hall–Kier alpha value is -0.820. The summed E-state index contributed by atoms with van der Waals surface area (Å²) in [5.41, 5.74) is 2.71. The quantitative estimate of drug-likeness (QED) is 0.641. The molecule has 0 nitrogen and oxygen atoms in total. The molecule has 0 aliphatic rings. The first-order valence-corrected chi connectivity index (χ1v) is 5.12. The van der Waals surface area contributed by atoms with Crippen LogP contribution in [0.5, 0.6) is 0 Å². The summed E-state index contributed by atoms with van der Waals surface area (Å²) in [4.78, 5) is 0. The largest absolute Gasteiger partial charge is 0.0533 e. The molecule has 13 heavy (non-hydrogen) atoms. The molecule has 0 unspecified atom stereocenters. The molecule has 1 heteroatoms. The van der Waals surface area contributed by atoms with Crippen molar-refractivity contribution >= 4 is 26.7 Å². The monoisotopic (exact) mass is 234 g/mol. The summed E-state index contributed by atoms with van der Waals surface area (Å²) in [7, 11) is 0. The van der Waals surface area contributed by atoms with Gasteiger partial charge in [-0.1, -0.05) is 34.1 Å². The minimum Gasteiger partial charge on any atom is -0.0533 e. The van der Waals surface area contributed by atoms with E-state index in [0.29, 0.717) is 0 Å². The molecule has 0 heterocycles. The van der Waals surface area contributed by atoms with Gasteiger partial charge >= 0.3 is 0 Å². The zero-order valence-electron chi connectivity index (χ0n) is 7.76. The smallest absolute Gasteiger partial charge is 0.0181 e. The summed E-state index contributed by atoms with van der Waals surface area (Å²) in [6.45, 7) is 4.30. The van der Waals surface area contributed by atoms with Crippen molar-refractivity contribution in [1.82, 2.24) is 0 Å². The van der Waals surface area contributed by atoms with E-state index in [1.807, 2.05) is 0 Å². The van der Waals surface area contributed by atoms with Crippen molar-refractivity contribution in [2.75, 3.05) is 0 Å². The second kappa shape index (κ2) is 3.15. The highest BCUT2D eigenvalue weighted by Crippen LogP contribution is 2.22. The minimum atomic E-state index is 1.14. The van der Waals surface area contributed by atoms with Crippen LogP contribution in [-0.4, -0.2) is 0 Å². The maximum Gasteiger partial charge on any atom is 0.0181 e. The average molecular weight is 235 g/mol. The SMILES string of the molecule is Cc1cc2ccc(Br)cc2cc1C. The topological polar surface area (TPSA) is 0 Å². The van der Waals surface area contributed by atoms with Crippen LogP contribution in [0.15, 0.2) is 34.8 Å². The normalized spacial score (nSPS) is 10.7. The lowest BCUT2D eigenvalue weighted by molar-refractivity contribution is 1.36. The van der Waals surface area contributed by atoms with Crippen molar-refractivity contribution in [2.45, 2.75) is 13.8 Å². The molecule has 0 spiro atoms. The molecule has 66 valence electrons. The number of rotatable bonds is 0. The predicted molar refractivity (Wildman–Crippen MR) is 61.1 cm³/mol. The minimum absolute atomic E-state index is 1.14. The molecule has 0 atom stereocenters. The molecule has 0 saturated heterocycles. The van der Waals surface area contributed by atoms with E-state index in [0.717, 1.165) is 4.47 Å². The number of benzene rings is 2. The van der Waals surface area contributed by atoms with Crippen LogP contribution in [0.1, 0.15) is 11.1 Å². The van der Waals surface area contributed by atoms with E-state index in [-0.39, 0.29) is 0 Å². The number of aryl methyl sites for hydroxylation is 2. The van der Waals surface area contributed by atoms with Crippen molar-refractivity contribution in [3.05, 3.63) is 45.9 Å². The van der Waals surface area contributed by atoms with Crippen molar-refractivity contribution in [3.8, 4) is 0 Å². The van der Waals surface area contributed by atoms with Gasteiger partial charge < -0.3 is 0 Å². The maximum atomic E-state index is 3.48. The maximum absolute atomic E-state index is 3.48. The van der Waals surface area contributed by atoms with Crippen LogP contribution in [0.4, 0.5) is 0 Å². The molecule has 0 radical (unpaired) electrons. The highest BCUT2D eigenvalue weighted by atomic mass is 79.9. The van der Waals surface area contributed by atoms with E-state index < -0.39 is 0 Å². The van der Waals surface area contributed by atoms with Gasteiger partial charge in [-0.15, -0.1) is 0 Å². The fourth-order valence-corrected chi connectivity index (χ4v) is 1.88. The molecule has 2 rings (SSSR count). The Morgan fingerprint density at radius 1 is 0.846 bits per heavy atom. The average Bonchev–Trinajstić information content (AvgIpc) is 2.08. The number of fused-ring (bicyclic) bond motifs is 1. The van der Waals surface area contributed by atoms with Gasteiger partial charge in [0.2, 0.25) is 0 Å². The molecule has 0 amide bonds. The third kappa shape index (κ3) is 1.61. The first kappa shape index (κ1) is 8.76. The van der Waals surface area contributed by atoms with Crippen LogP contribution in [0.3, 0.4) is 0 Å². The second-order valence-electron chi connectivity index (χ2n) is 3.43. The van der Waals surface area contributed by atoms with Crippen LogP contribution in [0.2, 0.25) is 0 Å². The fraction of sp³-hybridized carbons (Fsp3) is 0.167. The van der Waals surface area contributed by atoms with Gasteiger partial charge in [0.25, 0.3) is 0 Å². The standard InChI is InChI=1S/C12H11Br/c1-8-5-10-3-4-12(13)7-11(10)6-9(8)2/h3-7H,1-2H3. The summed E-state index contributed by atoms with van der Waals surface area (Å²) in [5.74, 6) is 0. The highest BCUT2D eigenvalue weighted by molar-refractivity contribution is 9.10. The lowest BCUT2D eigenvalue weighted by atomic mass is 10.0. The summed E-state index contributed by atoms with van der Waals surface area (Å²) in [5, 5.41) is 2.61. The number of hydrogen-bond donors (Lipinski definition) is 0. The summed E-state index contributed by atoms with van der Waals surface area (Å²) in [6.07, 6.45) is 0. The molecule has 0 saturated carbocycles. The molecule has 2 aromatic rings. The van der Waals surface area contributed by atoms with Crippen LogP contribution in [0.25, 0.3) is 10.8 Å². The van der Waals surface area contributed by atoms with Gasteiger partial charge in [0, 0.05) is 4.47 Å². The number of halogens is 1. The second-order valence-corrected chi connectivity index (χ2v) is 4.34. The first-order chi connectivity index (χ1) is 6.16. The van der Waals surface area contributed by atoms with E-state index >= 15 is 0 Å². The van der Waals surface area contributed by atoms with Crippen LogP contribution in [0, 0.1) is 13.8 Å². The Bertz CT molecular complexity index is 458. The molecule has 0 N–H and O–H groups in total. The van der Waals surface area contributed by atoms with Gasteiger partial charge in [-0.25, -0.2) is 0 Å². The summed E-state index contributed by atoms with van der Waals surface area (Å²) < 4.78 is 1.14. The summed E-state index contributed by atoms with van der Waals surface area (Å²) >= 11 is 3.48. The molecule has 0 fully saturated rings. The Balaban J connectivity index is 2.81. The molecule has 0 bridgehead atoms. The van der Waals surface area contributed by atoms with Crippen LogP contribution in [-0.2, 0) is 0 Å². The van der Waals surface area contributed by atoms with E-state index in [1.165, 1.54) is 21.9 Å². The van der Waals surface area contributed by atoms with Crippen molar-refractivity contribution in [2.24, 2.45) is 0 Å². The molecular weight excluding hydrogens is 224 g/mol. The van der Waals surface area contributed by atoms with Crippen molar-refractivity contribution in [1.29, 1.82) is 0 Å². The van der Waals surface area contributed by atoms with Gasteiger partial charge in [0.15, 0.2) is 0 Å². The Labute approximate surface area is 86.7 Å². The molecule has 0 aromatic heterocycles. The molecule has 0 aliphatic heterocycles. The molecular formula is C12H11Br. The highest BCUT2D eigenvalue weighted by Gasteiger charge is 1.97. The Morgan fingerprint density at radius 3 is 2.15 bits per heavy atom. The van der Waals surface area contributed by atoms with Crippen LogP contribution < -0.4 is 0 Å². The van der Waals surface area contributed by atoms with Crippen molar-refractivity contribution in [3.63, 3.8) is 0 Å². The molecule has 2 aromatic carbocycles. The van der Waals surface area contributed by atoms with E-state index in [9.17, 15) is 0 Å². The van der Waals surface area contributed by atoms with Crippen molar-refractivity contribution < 1.29 is 0 Å². The molecule has 0 aliphatic carbocycles. The summed E-state index contributed by atoms with van der Waals surface area (Å²) in [6, 6.07) is 10.8. The van der Waals surface area contributed by atoms with Crippen LogP contribution >= 0.6 is 15.9 Å². The van der Waals surface area contributed by atoms with Gasteiger partial charge in [0.05, 0.1) is 0 Å². The van der Waals surface area contributed by atoms with Gasteiger partial charge in [0.1, 0.15) is 0 Å². The van der Waals surface area contributed by atoms with E-state index in [2.05, 4.69) is 60.1 Å². The Morgan fingerprint density at radius 2 is 1.46 bits per heavy atom. The van der Waals surface area contributed by atoms with E-state index in [4.69, 9.17) is 0 Å². The zero-order chi connectivity index (χ0) is 9.42. The van der Waals surface area contributed by atoms with Gasteiger partial charge in [-0.2, -0.15) is 0 Å². The number of hydrogen-bond acceptors (Lipinski definition) is 0. The van der Waals surface area contributed by atoms with E-state index in [1.54, 1.807) is 0 Å². The van der Waals surface area contributed by atoms with Gasteiger partial charge in [-0.05, 0) is 47.9 Å². The third-order valence-electron chi connectivity index (χ3n) is 2.41. The first-order valence-electron chi connectivity index (χ1n) is 4.33. The third-order valence-corrected chi connectivity index (χ3v) is 2.91. The fourth-order valence-electron chi connectivity index (χ4n) is 1.50. The lowest BCUT2D eigenvalue weighted by Crippen LogP contribution is -1.81. The zero-order valence-corrected chi connectivity index (χ0v) is 9.35. The lowest BCUT2D eigenvalue weighted by Gasteiger charge is -2.03.